The summed E-state index contributed by atoms with van der Waals surface area (Å²) in [6.07, 6.45) is -7.69. The van der Waals surface area contributed by atoms with E-state index in [-0.39, 0.29) is 10.0 Å². The Morgan fingerprint density at radius 2 is 1.87 bits per heavy atom. The molecule has 0 amide bonds. The van der Waals surface area contributed by atoms with Crippen molar-refractivity contribution in [2.75, 3.05) is 0 Å². The molecule has 0 spiro atoms. The summed E-state index contributed by atoms with van der Waals surface area (Å²) in [5.74, 6) is -1.05. The van der Waals surface area contributed by atoms with Crippen molar-refractivity contribution in [2.24, 2.45) is 0 Å². The number of benzene rings is 1. The monoisotopic (exact) mass is 286 g/mol. The first-order valence-electron chi connectivity index (χ1n) is 3.94. The van der Waals surface area contributed by atoms with Crippen molar-refractivity contribution in [2.45, 2.75) is 19.2 Å². The molecule has 15 heavy (non-hydrogen) atoms. The quantitative estimate of drug-likeness (QED) is 0.784. The van der Waals surface area contributed by atoms with Crippen molar-refractivity contribution < 1.29 is 22.7 Å². The number of halogens is 5. The molecule has 0 aliphatic rings. The second-order valence-corrected chi connectivity index (χ2v) is 3.89. The zero-order valence-electron chi connectivity index (χ0n) is 7.57. The zero-order chi connectivity index (χ0) is 11.8. The van der Waals surface area contributed by atoms with Crippen LogP contribution < -0.4 is 0 Å². The predicted octanol–water partition coefficient (Wildman–Crippen LogP) is 3.49. The van der Waals surface area contributed by atoms with Gasteiger partial charge in [-0.15, -0.1) is 0 Å². The fraction of sp³-hybridized carbons (Fsp3) is 0.333. The number of hydrogen-bond acceptors (Lipinski definition) is 1. The van der Waals surface area contributed by atoms with Crippen molar-refractivity contribution in [1.29, 1.82) is 0 Å². The normalized spacial score (nSPS) is 14.1. The minimum absolute atomic E-state index is 0.0523. The Kier molecular flexibility index (Phi) is 3.40. The first kappa shape index (κ1) is 12.4. The lowest BCUT2D eigenvalue weighted by Gasteiger charge is -2.17. The van der Waals surface area contributed by atoms with Gasteiger partial charge >= 0.3 is 6.18 Å². The molecule has 1 atom stereocenters. The Balaban J connectivity index is 3.31. The zero-order valence-corrected chi connectivity index (χ0v) is 9.16. The molecule has 0 aliphatic carbocycles. The summed E-state index contributed by atoms with van der Waals surface area (Å²) >= 11 is 2.77. The van der Waals surface area contributed by atoms with Crippen LogP contribution in [-0.2, 0) is 0 Å². The Labute approximate surface area is 91.9 Å². The molecule has 0 heterocycles. The molecule has 1 unspecified atom stereocenters. The second kappa shape index (κ2) is 4.09. The highest BCUT2D eigenvalue weighted by atomic mass is 79.9. The van der Waals surface area contributed by atoms with Gasteiger partial charge in [-0.2, -0.15) is 13.2 Å². The van der Waals surface area contributed by atoms with Crippen LogP contribution in [0.1, 0.15) is 17.2 Å². The SMILES string of the molecule is Cc1ccc(Br)c(C(O)C(F)(F)F)c1F. The third-order valence-electron chi connectivity index (χ3n) is 1.90. The van der Waals surface area contributed by atoms with E-state index in [4.69, 9.17) is 5.11 Å². The summed E-state index contributed by atoms with van der Waals surface area (Å²) in [6.45, 7) is 1.33. The Bertz CT molecular complexity index is 375. The molecule has 1 aromatic rings. The Hall–Kier alpha value is -0.620. The summed E-state index contributed by atoms with van der Waals surface area (Å²) in [7, 11) is 0. The van der Waals surface area contributed by atoms with Gasteiger partial charge in [0.2, 0.25) is 0 Å². The van der Waals surface area contributed by atoms with Crippen LogP contribution in [0.5, 0.6) is 0 Å². The van der Waals surface area contributed by atoms with Crippen LogP contribution in [0.4, 0.5) is 17.6 Å². The van der Waals surface area contributed by atoms with E-state index in [2.05, 4.69) is 15.9 Å². The van der Waals surface area contributed by atoms with E-state index < -0.39 is 23.7 Å². The maximum Gasteiger partial charge on any atom is 0.418 e. The van der Waals surface area contributed by atoms with E-state index in [1.54, 1.807) is 0 Å². The molecule has 1 N–H and O–H groups in total. The molecule has 0 saturated carbocycles. The largest absolute Gasteiger partial charge is 0.418 e. The number of alkyl halides is 3. The molecule has 0 fully saturated rings. The highest BCUT2D eigenvalue weighted by molar-refractivity contribution is 9.10. The topological polar surface area (TPSA) is 20.2 Å². The predicted molar refractivity (Wildman–Crippen MR) is 49.9 cm³/mol. The maximum atomic E-state index is 13.4. The van der Waals surface area contributed by atoms with Gasteiger partial charge in [0.05, 0.1) is 0 Å². The van der Waals surface area contributed by atoms with E-state index >= 15 is 0 Å². The van der Waals surface area contributed by atoms with Crippen LogP contribution in [0.2, 0.25) is 0 Å². The maximum absolute atomic E-state index is 13.4. The minimum Gasteiger partial charge on any atom is -0.379 e. The van der Waals surface area contributed by atoms with Gasteiger partial charge in [-0.3, -0.25) is 0 Å². The molecule has 0 bridgehead atoms. The van der Waals surface area contributed by atoms with Crippen molar-refractivity contribution >= 4 is 15.9 Å². The summed E-state index contributed by atoms with van der Waals surface area (Å²) < 4.78 is 49.8. The fourth-order valence-corrected chi connectivity index (χ4v) is 1.62. The highest BCUT2D eigenvalue weighted by Gasteiger charge is 2.42. The molecule has 0 saturated heterocycles. The molecule has 1 nitrogen and oxygen atoms in total. The Morgan fingerprint density at radius 1 is 1.33 bits per heavy atom. The summed E-state index contributed by atoms with van der Waals surface area (Å²) in [5, 5.41) is 8.95. The summed E-state index contributed by atoms with van der Waals surface area (Å²) in [5.41, 5.74) is -0.723. The van der Waals surface area contributed by atoms with Gasteiger partial charge in [0.25, 0.3) is 0 Å². The van der Waals surface area contributed by atoms with E-state index in [9.17, 15) is 17.6 Å². The van der Waals surface area contributed by atoms with Crippen LogP contribution in [0.25, 0.3) is 0 Å². The third-order valence-corrected chi connectivity index (χ3v) is 2.59. The molecular weight excluding hydrogens is 280 g/mol. The van der Waals surface area contributed by atoms with Gasteiger partial charge in [0.1, 0.15) is 5.82 Å². The highest BCUT2D eigenvalue weighted by Crippen LogP contribution is 2.38. The lowest BCUT2D eigenvalue weighted by atomic mass is 10.1. The van der Waals surface area contributed by atoms with Crippen LogP contribution in [0, 0.1) is 12.7 Å². The van der Waals surface area contributed by atoms with Gasteiger partial charge in [0, 0.05) is 10.0 Å². The van der Waals surface area contributed by atoms with Gasteiger partial charge in [0.15, 0.2) is 6.10 Å². The van der Waals surface area contributed by atoms with Crippen molar-refractivity contribution in [3.8, 4) is 0 Å². The van der Waals surface area contributed by atoms with Crippen LogP contribution in [0.3, 0.4) is 0 Å². The number of rotatable bonds is 1. The van der Waals surface area contributed by atoms with Gasteiger partial charge in [-0.05, 0) is 18.6 Å². The number of aliphatic hydroxyl groups excluding tert-OH is 1. The van der Waals surface area contributed by atoms with E-state index in [0.29, 0.717) is 0 Å². The summed E-state index contributed by atoms with van der Waals surface area (Å²) in [6, 6.07) is 2.59. The molecule has 0 aromatic heterocycles. The molecule has 84 valence electrons. The molecule has 6 heteroatoms. The van der Waals surface area contributed by atoms with Crippen molar-refractivity contribution in [1.82, 2.24) is 0 Å². The number of aryl methyl sites for hydroxylation is 1. The van der Waals surface area contributed by atoms with Crippen molar-refractivity contribution in [3.63, 3.8) is 0 Å². The average molecular weight is 287 g/mol. The van der Waals surface area contributed by atoms with E-state index in [0.717, 1.165) is 0 Å². The fourth-order valence-electron chi connectivity index (χ4n) is 1.09. The van der Waals surface area contributed by atoms with E-state index in [1.807, 2.05) is 0 Å². The molecule has 1 aromatic carbocycles. The molecule has 0 aliphatic heterocycles. The molecule has 1 rings (SSSR count). The number of aliphatic hydroxyl groups is 1. The Morgan fingerprint density at radius 3 is 2.33 bits per heavy atom. The average Bonchev–Trinajstić information content (AvgIpc) is 2.10. The van der Waals surface area contributed by atoms with Crippen LogP contribution in [0.15, 0.2) is 16.6 Å². The first-order chi connectivity index (χ1) is 6.75. The first-order valence-corrected chi connectivity index (χ1v) is 4.73. The van der Waals surface area contributed by atoms with E-state index in [1.165, 1.54) is 19.1 Å². The molecular formula is C9H7BrF4O. The summed E-state index contributed by atoms with van der Waals surface area (Å²) in [4.78, 5) is 0. The lowest BCUT2D eigenvalue weighted by Crippen LogP contribution is -2.22. The van der Waals surface area contributed by atoms with Gasteiger partial charge in [-0.1, -0.05) is 22.0 Å². The number of hydrogen-bond donors (Lipinski definition) is 1. The third kappa shape index (κ3) is 2.49. The van der Waals surface area contributed by atoms with Crippen molar-refractivity contribution in [3.05, 3.63) is 33.5 Å². The standard InChI is InChI=1S/C9H7BrF4O/c1-4-2-3-5(10)6(7(4)11)8(15)9(12,13)14/h2-3,8,15H,1H3. The lowest BCUT2D eigenvalue weighted by molar-refractivity contribution is -0.207. The minimum atomic E-state index is -4.88. The van der Waals surface area contributed by atoms with Crippen LogP contribution in [-0.4, -0.2) is 11.3 Å². The van der Waals surface area contributed by atoms with Crippen LogP contribution >= 0.6 is 15.9 Å². The van der Waals surface area contributed by atoms with Gasteiger partial charge < -0.3 is 5.11 Å². The second-order valence-electron chi connectivity index (χ2n) is 3.04. The molecule has 0 radical (unpaired) electrons. The smallest absolute Gasteiger partial charge is 0.379 e. The van der Waals surface area contributed by atoms with Gasteiger partial charge in [-0.25, -0.2) is 4.39 Å².